The zero-order valence-electron chi connectivity index (χ0n) is 8.26. The second-order valence-corrected chi connectivity index (χ2v) is 3.24. The highest BCUT2D eigenvalue weighted by atomic mass is 16.2. The lowest BCUT2D eigenvalue weighted by molar-refractivity contribution is -0.128. The van der Waals surface area contributed by atoms with Gasteiger partial charge in [-0.05, 0) is 13.3 Å². The topological polar surface area (TPSA) is 37.4 Å². The lowest BCUT2D eigenvalue weighted by atomic mass is 10.0. The number of rotatable bonds is 4. The quantitative estimate of drug-likeness (QED) is 0.634. The molecule has 1 atom stereocenters. The highest BCUT2D eigenvalue weighted by molar-refractivity contribution is 5.78. The number of hydrogen-bond acceptors (Lipinski definition) is 2. The van der Waals surface area contributed by atoms with Crippen molar-refractivity contribution in [3.63, 3.8) is 0 Å². The van der Waals surface area contributed by atoms with Crippen LogP contribution in [0.25, 0.3) is 0 Å². The smallest absolute Gasteiger partial charge is 0.219 e. The molecular formula is C9H17NO2. The maximum atomic E-state index is 10.8. The number of carbonyl (C=O) groups excluding carboxylic acids is 2. The molecule has 1 unspecified atom stereocenters. The molecule has 0 aliphatic heterocycles. The first kappa shape index (κ1) is 11.1. The van der Waals surface area contributed by atoms with Crippen molar-refractivity contribution in [2.75, 3.05) is 13.6 Å². The molecule has 0 saturated heterocycles. The van der Waals surface area contributed by atoms with Gasteiger partial charge in [0.1, 0.15) is 5.78 Å². The minimum Gasteiger partial charge on any atom is -0.346 e. The SMILES string of the molecule is CC(=O)C(C)CCN(C)C(C)=O. The largest absolute Gasteiger partial charge is 0.346 e. The van der Waals surface area contributed by atoms with Crippen LogP contribution < -0.4 is 0 Å². The van der Waals surface area contributed by atoms with E-state index in [1.54, 1.807) is 18.9 Å². The zero-order chi connectivity index (χ0) is 9.72. The summed E-state index contributed by atoms with van der Waals surface area (Å²) in [6.45, 7) is 5.66. The molecule has 0 fully saturated rings. The Morgan fingerprint density at radius 2 is 1.83 bits per heavy atom. The summed E-state index contributed by atoms with van der Waals surface area (Å²) in [4.78, 5) is 23.2. The molecule has 3 nitrogen and oxygen atoms in total. The Morgan fingerprint density at radius 1 is 1.33 bits per heavy atom. The van der Waals surface area contributed by atoms with Crippen molar-refractivity contribution in [3.8, 4) is 0 Å². The second kappa shape index (κ2) is 4.91. The molecule has 1 amide bonds. The molecule has 0 aliphatic rings. The summed E-state index contributed by atoms with van der Waals surface area (Å²) in [5.74, 6) is 0.296. The summed E-state index contributed by atoms with van der Waals surface area (Å²) >= 11 is 0. The van der Waals surface area contributed by atoms with Gasteiger partial charge in [-0.3, -0.25) is 9.59 Å². The van der Waals surface area contributed by atoms with E-state index in [4.69, 9.17) is 0 Å². The first-order chi connectivity index (χ1) is 5.45. The third-order valence-corrected chi connectivity index (χ3v) is 2.13. The second-order valence-electron chi connectivity index (χ2n) is 3.24. The average molecular weight is 171 g/mol. The van der Waals surface area contributed by atoms with Crippen LogP contribution in [0.4, 0.5) is 0 Å². The predicted molar refractivity (Wildman–Crippen MR) is 47.8 cm³/mol. The first-order valence-electron chi connectivity index (χ1n) is 4.17. The van der Waals surface area contributed by atoms with Gasteiger partial charge >= 0.3 is 0 Å². The van der Waals surface area contributed by atoms with Gasteiger partial charge < -0.3 is 4.90 Å². The van der Waals surface area contributed by atoms with Crippen LogP contribution >= 0.6 is 0 Å². The fourth-order valence-electron chi connectivity index (χ4n) is 0.748. The van der Waals surface area contributed by atoms with Crippen molar-refractivity contribution < 1.29 is 9.59 Å². The van der Waals surface area contributed by atoms with Crippen LogP contribution in [-0.4, -0.2) is 30.2 Å². The van der Waals surface area contributed by atoms with Gasteiger partial charge in [0, 0.05) is 26.4 Å². The molecule has 0 N–H and O–H groups in total. The van der Waals surface area contributed by atoms with E-state index in [-0.39, 0.29) is 17.6 Å². The summed E-state index contributed by atoms with van der Waals surface area (Å²) in [5, 5.41) is 0. The molecule has 0 saturated carbocycles. The normalized spacial score (nSPS) is 12.3. The molecule has 0 aromatic heterocycles. The third-order valence-electron chi connectivity index (χ3n) is 2.13. The minimum absolute atomic E-state index is 0.0470. The number of carbonyl (C=O) groups is 2. The van der Waals surface area contributed by atoms with Gasteiger partial charge in [0.2, 0.25) is 5.91 Å². The van der Waals surface area contributed by atoms with Crippen molar-refractivity contribution in [3.05, 3.63) is 0 Å². The lowest BCUT2D eigenvalue weighted by Crippen LogP contribution is -2.27. The Morgan fingerprint density at radius 3 is 2.17 bits per heavy atom. The molecule has 3 heteroatoms. The Hall–Kier alpha value is -0.860. The average Bonchev–Trinajstić information content (AvgIpc) is 1.98. The van der Waals surface area contributed by atoms with E-state index in [1.807, 2.05) is 6.92 Å². The molecule has 0 radical (unpaired) electrons. The van der Waals surface area contributed by atoms with Gasteiger partial charge in [-0.25, -0.2) is 0 Å². The number of nitrogens with zero attached hydrogens (tertiary/aromatic N) is 1. The molecule has 0 aromatic carbocycles. The lowest BCUT2D eigenvalue weighted by Gasteiger charge is -2.16. The summed E-state index contributed by atoms with van der Waals surface area (Å²) in [5.41, 5.74) is 0. The Labute approximate surface area is 73.7 Å². The zero-order valence-corrected chi connectivity index (χ0v) is 8.26. The van der Waals surface area contributed by atoms with E-state index in [9.17, 15) is 9.59 Å². The molecule has 0 aliphatic carbocycles. The standard InChI is InChI=1S/C9H17NO2/c1-7(8(2)11)5-6-10(4)9(3)12/h7H,5-6H2,1-4H3. The van der Waals surface area contributed by atoms with Crippen LogP contribution in [0, 0.1) is 5.92 Å². The number of Topliss-reactive ketones (excluding diaryl/α,β-unsaturated/α-hetero) is 1. The highest BCUT2D eigenvalue weighted by Gasteiger charge is 2.09. The van der Waals surface area contributed by atoms with Gasteiger partial charge in [-0.1, -0.05) is 6.92 Å². The maximum Gasteiger partial charge on any atom is 0.219 e. The Bertz CT molecular complexity index is 157. The van der Waals surface area contributed by atoms with E-state index in [0.717, 1.165) is 6.42 Å². The maximum absolute atomic E-state index is 10.8. The van der Waals surface area contributed by atoms with Crippen molar-refractivity contribution in [1.82, 2.24) is 4.90 Å². The van der Waals surface area contributed by atoms with Crippen LogP contribution in [0.15, 0.2) is 0 Å². The highest BCUT2D eigenvalue weighted by Crippen LogP contribution is 2.03. The van der Waals surface area contributed by atoms with Crippen molar-refractivity contribution in [2.45, 2.75) is 27.2 Å². The molecule has 0 spiro atoms. The van der Waals surface area contributed by atoms with Crippen molar-refractivity contribution in [2.24, 2.45) is 5.92 Å². The predicted octanol–water partition coefficient (Wildman–Crippen LogP) is 1.08. The Balaban J connectivity index is 3.68. The monoisotopic (exact) mass is 171 g/mol. The molecule has 12 heavy (non-hydrogen) atoms. The number of hydrogen-bond donors (Lipinski definition) is 0. The summed E-state index contributed by atoms with van der Waals surface area (Å²) in [6, 6.07) is 0. The van der Waals surface area contributed by atoms with Crippen LogP contribution in [0.2, 0.25) is 0 Å². The fourth-order valence-corrected chi connectivity index (χ4v) is 0.748. The van der Waals surface area contributed by atoms with E-state index in [2.05, 4.69) is 0 Å². The fraction of sp³-hybridized carbons (Fsp3) is 0.778. The molecule has 70 valence electrons. The first-order valence-corrected chi connectivity index (χ1v) is 4.17. The van der Waals surface area contributed by atoms with Gasteiger partial charge in [0.05, 0.1) is 0 Å². The molecule has 0 heterocycles. The van der Waals surface area contributed by atoms with Gasteiger partial charge in [0.15, 0.2) is 0 Å². The van der Waals surface area contributed by atoms with Gasteiger partial charge in [-0.15, -0.1) is 0 Å². The summed E-state index contributed by atoms with van der Waals surface area (Å²) in [7, 11) is 1.75. The minimum atomic E-state index is 0.0470. The van der Waals surface area contributed by atoms with Crippen LogP contribution in [0.1, 0.15) is 27.2 Å². The molecule has 0 aromatic rings. The van der Waals surface area contributed by atoms with Crippen LogP contribution in [0.3, 0.4) is 0 Å². The number of amides is 1. The van der Waals surface area contributed by atoms with Crippen molar-refractivity contribution in [1.29, 1.82) is 0 Å². The third kappa shape index (κ3) is 4.11. The van der Waals surface area contributed by atoms with E-state index >= 15 is 0 Å². The van der Waals surface area contributed by atoms with Crippen LogP contribution in [0.5, 0.6) is 0 Å². The summed E-state index contributed by atoms with van der Waals surface area (Å²) < 4.78 is 0. The van der Waals surface area contributed by atoms with Crippen LogP contribution in [-0.2, 0) is 9.59 Å². The number of ketones is 1. The Kier molecular flexibility index (Phi) is 4.55. The van der Waals surface area contributed by atoms with Gasteiger partial charge in [-0.2, -0.15) is 0 Å². The molecule has 0 rings (SSSR count). The molecule has 0 bridgehead atoms. The van der Waals surface area contributed by atoms with Gasteiger partial charge in [0.25, 0.3) is 0 Å². The summed E-state index contributed by atoms with van der Waals surface area (Å²) in [6.07, 6.45) is 0.755. The molecular weight excluding hydrogens is 154 g/mol. The van der Waals surface area contributed by atoms with E-state index < -0.39 is 0 Å². The van der Waals surface area contributed by atoms with E-state index in [1.165, 1.54) is 6.92 Å². The van der Waals surface area contributed by atoms with Crippen molar-refractivity contribution >= 4 is 11.7 Å². The van der Waals surface area contributed by atoms with E-state index in [0.29, 0.717) is 6.54 Å².